The number of nitro benzene ring substituents is 1. The molecule has 0 saturated heterocycles. The minimum Gasteiger partial charge on any atom is -0.352 e. The van der Waals surface area contributed by atoms with Crippen LogP contribution in [0, 0.1) is 10.1 Å². The topological polar surface area (TPSA) is 72.2 Å². The summed E-state index contributed by atoms with van der Waals surface area (Å²) in [5.41, 5.74) is 1.27. The quantitative estimate of drug-likeness (QED) is 0.486. The second-order valence-corrected chi connectivity index (χ2v) is 4.38. The van der Waals surface area contributed by atoms with E-state index >= 15 is 0 Å². The lowest BCUT2D eigenvalue weighted by molar-refractivity contribution is -0.385. The molecule has 1 amide bonds. The van der Waals surface area contributed by atoms with Crippen LogP contribution in [0.3, 0.4) is 0 Å². The van der Waals surface area contributed by atoms with Crippen LogP contribution < -0.4 is 5.32 Å². The highest BCUT2D eigenvalue weighted by Crippen LogP contribution is 2.25. The van der Waals surface area contributed by atoms with Crippen LogP contribution in [0.1, 0.15) is 42.6 Å². The number of nitro groups is 1. The Bertz CT molecular complexity index is 509. The van der Waals surface area contributed by atoms with Gasteiger partial charge in [-0.25, -0.2) is 0 Å². The minimum absolute atomic E-state index is 0.0874. The van der Waals surface area contributed by atoms with Gasteiger partial charge in [-0.05, 0) is 31.1 Å². The monoisotopic (exact) mass is 262 g/mol. The molecular formula is C14H18N2O3. The van der Waals surface area contributed by atoms with E-state index in [0.29, 0.717) is 23.2 Å². The summed E-state index contributed by atoms with van der Waals surface area (Å²) in [7, 11) is 0. The summed E-state index contributed by atoms with van der Waals surface area (Å²) in [6.45, 7) is 8.00. The highest BCUT2D eigenvalue weighted by molar-refractivity contribution is 5.95. The van der Waals surface area contributed by atoms with Gasteiger partial charge in [0.1, 0.15) is 0 Å². The first-order valence-electron chi connectivity index (χ1n) is 6.20. The fourth-order valence-electron chi connectivity index (χ4n) is 1.67. The summed E-state index contributed by atoms with van der Waals surface area (Å²) in [5.74, 6) is -0.287. The number of unbranched alkanes of at least 4 members (excludes halogenated alkanes) is 1. The summed E-state index contributed by atoms with van der Waals surface area (Å²) >= 11 is 0. The zero-order valence-electron chi connectivity index (χ0n) is 11.2. The number of rotatable bonds is 6. The van der Waals surface area contributed by atoms with E-state index in [1.807, 2.05) is 6.92 Å². The molecule has 0 unspecified atom stereocenters. The Hall–Kier alpha value is -2.17. The molecule has 0 bridgehead atoms. The van der Waals surface area contributed by atoms with E-state index < -0.39 is 4.92 Å². The average Bonchev–Trinajstić information content (AvgIpc) is 2.38. The number of nitrogens with one attached hydrogen (secondary N) is 1. The summed E-state index contributed by atoms with van der Waals surface area (Å²) in [4.78, 5) is 22.3. The van der Waals surface area contributed by atoms with E-state index in [1.54, 1.807) is 19.1 Å². The van der Waals surface area contributed by atoms with Gasteiger partial charge in [0.05, 0.1) is 10.5 Å². The van der Waals surface area contributed by atoms with Crippen LogP contribution >= 0.6 is 0 Å². The van der Waals surface area contributed by atoms with E-state index in [4.69, 9.17) is 0 Å². The summed E-state index contributed by atoms with van der Waals surface area (Å²) in [6, 6.07) is 4.44. The third kappa shape index (κ3) is 3.91. The molecule has 19 heavy (non-hydrogen) atoms. The van der Waals surface area contributed by atoms with Gasteiger partial charge in [0.2, 0.25) is 0 Å². The molecule has 0 fully saturated rings. The number of hydrogen-bond acceptors (Lipinski definition) is 3. The van der Waals surface area contributed by atoms with Crippen LogP contribution in [0.15, 0.2) is 24.8 Å². The number of carbonyl (C=O) groups is 1. The van der Waals surface area contributed by atoms with Crippen molar-refractivity contribution in [1.29, 1.82) is 0 Å². The molecule has 1 aromatic carbocycles. The molecule has 5 nitrogen and oxygen atoms in total. The Morgan fingerprint density at radius 3 is 2.68 bits per heavy atom. The SMILES string of the molecule is C=C(C)c1ccc(C(=O)NCCCC)cc1[N+](=O)[O-]. The van der Waals surface area contributed by atoms with Crippen molar-refractivity contribution >= 4 is 17.2 Å². The Morgan fingerprint density at radius 2 is 2.16 bits per heavy atom. The molecule has 102 valence electrons. The van der Waals surface area contributed by atoms with Crippen LogP contribution in [0.25, 0.3) is 5.57 Å². The Labute approximate surface area is 112 Å². The number of carbonyl (C=O) groups excluding carboxylic acids is 1. The molecule has 0 radical (unpaired) electrons. The number of allylic oxidation sites excluding steroid dienone is 1. The molecule has 0 atom stereocenters. The predicted molar refractivity (Wildman–Crippen MR) is 75.0 cm³/mol. The Kier molecular flexibility index (Phi) is 5.23. The van der Waals surface area contributed by atoms with Gasteiger partial charge >= 0.3 is 0 Å². The number of hydrogen-bond donors (Lipinski definition) is 1. The van der Waals surface area contributed by atoms with Crippen LogP contribution in [0.2, 0.25) is 0 Å². The van der Waals surface area contributed by atoms with Crippen LogP contribution in [-0.4, -0.2) is 17.4 Å². The van der Waals surface area contributed by atoms with E-state index in [-0.39, 0.29) is 11.6 Å². The maximum atomic E-state index is 11.8. The fourth-order valence-corrected chi connectivity index (χ4v) is 1.67. The maximum Gasteiger partial charge on any atom is 0.277 e. The second kappa shape index (κ2) is 6.68. The van der Waals surface area contributed by atoms with Gasteiger partial charge in [-0.1, -0.05) is 19.9 Å². The highest BCUT2D eigenvalue weighted by atomic mass is 16.6. The van der Waals surface area contributed by atoms with Gasteiger partial charge in [0, 0.05) is 18.2 Å². The molecule has 1 rings (SSSR count). The van der Waals surface area contributed by atoms with E-state index in [1.165, 1.54) is 6.07 Å². The summed E-state index contributed by atoms with van der Waals surface area (Å²) in [6.07, 6.45) is 1.87. The van der Waals surface area contributed by atoms with E-state index in [2.05, 4.69) is 11.9 Å². The largest absolute Gasteiger partial charge is 0.352 e. The molecule has 0 aliphatic carbocycles. The summed E-state index contributed by atoms with van der Waals surface area (Å²) < 4.78 is 0. The van der Waals surface area contributed by atoms with Crippen LogP contribution in [0.5, 0.6) is 0 Å². The fraction of sp³-hybridized carbons (Fsp3) is 0.357. The molecule has 0 aromatic heterocycles. The number of benzene rings is 1. The zero-order chi connectivity index (χ0) is 14.4. The molecule has 0 aliphatic heterocycles. The molecule has 0 saturated carbocycles. The number of amides is 1. The van der Waals surface area contributed by atoms with Crippen molar-refractivity contribution in [2.24, 2.45) is 0 Å². The predicted octanol–water partition coefficient (Wildman–Crippen LogP) is 3.16. The minimum atomic E-state index is -0.493. The van der Waals surface area contributed by atoms with Crippen molar-refractivity contribution in [2.75, 3.05) is 6.54 Å². The van der Waals surface area contributed by atoms with Crippen LogP contribution in [-0.2, 0) is 0 Å². The lowest BCUT2D eigenvalue weighted by Crippen LogP contribution is -2.24. The first-order chi connectivity index (χ1) is 8.97. The first kappa shape index (κ1) is 14.9. The van der Waals surface area contributed by atoms with Crippen molar-refractivity contribution in [3.05, 3.63) is 46.0 Å². The lowest BCUT2D eigenvalue weighted by Gasteiger charge is -2.06. The van der Waals surface area contributed by atoms with E-state index in [0.717, 1.165) is 12.8 Å². The third-order valence-electron chi connectivity index (χ3n) is 2.73. The smallest absolute Gasteiger partial charge is 0.277 e. The highest BCUT2D eigenvalue weighted by Gasteiger charge is 2.17. The van der Waals surface area contributed by atoms with Gasteiger partial charge in [-0.2, -0.15) is 0 Å². The third-order valence-corrected chi connectivity index (χ3v) is 2.73. The Morgan fingerprint density at radius 1 is 1.47 bits per heavy atom. The van der Waals surface area contributed by atoms with Crippen molar-refractivity contribution in [3.63, 3.8) is 0 Å². The van der Waals surface area contributed by atoms with E-state index in [9.17, 15) is 14.9 Å². The Balaban J connectivity index is 2.98. The van der Waals surface area contributed by atoms with Gasteiger partial charge in [-0.15, -0.1) is 0 Å². The molecule has 5 heteroatoms. The first-order valence-corrected chi connectivity index (χ1v) is 6.20. The normalized spacial score (nSPS) is 10.0. The maximum absolute atomic E-state index is 11.8. The van der Waals surface area contributed by atoms with Gasteiger partial charge in [0.15, 0.2) is 0 Å². The molecular weight excluding hydrogens is 244 g/mol. The van der Waals surface area contributed by atoms with Gasteiger partial charge in [-0.3, -0.25) is 14.9 Å². The number of nitrogens with zero attached hydrogens (tertiary/aromatic N) is 1. The lowest BCUT2D eigenvalue weighted by atomic mass is 10.0. The average molecular weight is 262 g/mol. The van der Waals surface area contributed by atoms with Crippen molar-refractivity contribution in [1.82, 2.24) is 5.32 Å². The van der Waals surface area contributed by atoms with Crippen molar-refractivity contribution in [2.45, 2.75) is 26.7 Å². The summed E-state index contributed by atoms with van der Waals surface area (Å²) in [5, 5.41) is 13.7. The molecule has 0 spiro atoms. The van der Waals surface area contributed by atoms with Crippen molar-refractivity contribution < 1.29 is 9.72 Å². The van der Waals surface area contributed by atoms with Crippen molar-refractivity contribution in [3.8, 4) is 0 Å². The second-order valence-electron chi connectivity index (χ2n) is 4.38. The van der Waals surface area contributed by atoms with Gasteiger partial charge in [0.25, 0.3) is 11.6 Å². The van der Waals surface area contributed by atoms with Crippen LogP contribution in [0.4, 0.5) is 5.69 Å². The zero-order valence-corrected chi connectivity index (χ0v) is 11.2. The molecule has 1 N–H and O–H groups in total. The molecule has 0 aliphatic rings. The standard InChI is InChI=1S/C14H18N2O3/c1-4-5-8-15-14(17)11-6-7-12(10(2)3)13(9-11)16(18)19/h6-7,9H,2,4-5,8H2,1,3H3,(H,15,17). The van der Waals surface area contributed by atoms with Gasteiger partial charge < -0.3 is 5.32 Å². The molecule has 0 heterocycles. The molecule has 1 aromatic rings.